The summed E-state index contributed by atoms with van der Waals surface area (Å²) in [7, 11) is 3.00. The zero-order valence-corrected chi connectivity index (χ0v) is 10.0. The number of hydrogen-bond donors (Lipinski definition) is 0. The molecule has 2 aromatic rings. The molecule has 0 fully saturated rings. The van der Waals surface area contributed by atoms with Crippen molar-refractivity contribution >= 4 is 0 Å². The summed E-state index contributed by atoms with van der Waals surface area (Å²) in [6.45, 7) is 0. The van der Waals surface area contributed by atoms with Crippen molar-refractivity contribution < 1.29 is 9.47 Å². The molecule has 0 aliphatic heterocycles. The van der Waals surface area contributed by atoms with Crippen molar-refractivity contribution in [3.05, 3.63) is 36.0 Å². The normalized spacial score (nSPS) is 9.61. The third kappa shape index (κ3) is 2.09. The zero-order chi connectivity index (χ0) is 13.0. The highest BCUT2D eigenvalue weighted by Gasteiger charge is 2.13. The van der Waals surface area contributed by atoms with Gasteiger partial charge in [0, 0.05) is 11.8 Å². The molecule has 18 heavy (non-hydrogen) atoms. The molecule has 0 spiro atoms. The summed E-state index contributed by atoms with van der Waals surface area (Å²) in [6.07, 6.45) is 1.58. The SMILES string of the molecule is COc1ncc(-c2ccccc2C#N)c(OC)n1. The third-order valence-electron chi connectivity index (χ3n) is 2.45. The van der Waals surface area contributed by atoms with Gasteiger partial charge >= 0.3 is 6.01 Å². The molecule has 0 bridgehead atoms. The monoisotopic (exact) mass is 241 g/mol. The van der Waals surface area contributed by atoms with Crippen molar-refractivity contribution in [2.75, 3.05) is 14.2 Å². The maximum absolute atomic E-state index is 9.09. The summed E-state index contributed by atoms with van der Waals surface area (Å²) in [5.41, 5.74) is 1.94. The highest BCUT2D eigenvalue weighted by molar-refractivity contribution is 5.73. The van der Waals surface area contributed by atoms with Gasteiger partial charge in [-0.2, -0.15) is 10.2 Å². The number of rotatable bonds is 3. The summed E-state index contributed by atoms with van der Waals surface area (Å²) < 4.78 is 10.1. The van der Waals surface area contributed by atoms with Crippen LogP contribution in [0.3, 0.4) is 0 Å². The smallest absolute Gasteiger partial charge is 0.319 e. The Labute approximate surface area is 105 Å². The summed E-state index contributed by atoms with van der Waals surface area (Å²) in [6, 6.07) is 9.57. The van der Waals surface area contributed by atoms with Crippen LogP contribution in [0.1, 0.15) is 5.56 Å². The summed E-state index contributed by atoms with van der Waals surface area (Å²) in [5.74, 6) is 0.379. The number of benzene rings is 1. The molecular formula is C13H11N3O2. The Morgan fingerprint density at radius 2 is 1.89 bits per heavy atom. The molecule has 5 heteroatoms. The molecule has 0 radical (unpaired) electrons. The molecular weight excluding hydrogens is 230 g/mol. The van der Waals surface area contributed by atoms with Crippen molar-refractivity contribution in [1.82, 2.24) is 9.97 Å². The van der Waals surface area contributed by atoms with Crippen LogP contribution in [0.5, 0.6) is 11.9 Å². The van der Waals surface area contributed by atoms with Crippen molar-refractivity contribution in [2.24, 2.45) is 0 Å². The van der Waals surface area contributed by atoms with E-state index in [2.05, 4.69) is 16.0 Å². The lowest BCUT2D eigenvalue weighted by molar-refractivity contribution is 0.353. The van der Waals surface area contributed by atoms with E-state index in [-0.39, 0.29) is 6.01 Å². The minimum Gasteiger partial charge on any atom is -0.480 e. The number of aromatic nitrogens is 2. The number of nitrogens with zero attached hydrogens (tertiary/aromatic N) is 3. The molecule has 1 heterocycles. The number of ether oxygens (including phenoxy) is 2. The highest BCUT2D eigenvalue weighted by atomic mass is 16.5. The van der Waals surface area contributed by atoms with Crippen LogP contribution < -0.4 is 9.47 Å². The quantitative estimate of drug-likeness (QED) is 0.822. The van der Waals surface area contributed by atoms with Crippen molar-refractivity contribution in [2.45, 2.75) is 0 Å². The molecule has 1 aromatic carbocycles. The van der Waals surface area contributed by atoms with Gasteiger partial charge in [0.05, 0.1) is 31.4 Å². The maximum atomic E-state index is 9.09. The lowest BCUT2D eigenvalue weighted by Gasteiger charge is -2.09. The third-order valence-corrected chi connectivity index (χ3v) is 2.45. The van der Waals surface area contributed by atoms with Crippen LogP contribution in [0.4, 0.5) is 0 Å². The molecule has 0 unspecified atom stereocenters. The van der Waals surface area contributed by atoms with E-state index in [4.69, 9.17) is 14.7 Å². The van der Waals surface area contributed by atoms with Gasteiger partial charge in [0.2, 0.25) is 5.88 Å². The predicted octanol–water partition coefficient (Wildman–Crippen LogP) is 2.03. The largest absolute Gasteiger partial charge is 0.480 e. The lowest BCUT2D eigenvalue weighted by Crippen LogP contribution is -1.98. The molecule has 90 valence electrons. The van der Waals surface area contributed by atoms with Crippen LogP contribution >= 0.6 is 0 Å². The molecule has 0 atom stereocenters. The maximum Gasteiger partial charge on any atom is 0.319 e. The fourth-order valence-corrected chi connectivity index (χ4v) is 1.61. The molecule has 1 aromatic heterocycles. The first-order valence-corrected chi connectivity index (χ1v) is 5.24. The first-order valence-electron chi connectivity index (χ1n) is 5.24. The molecule has 0 aliphatic carbocycles. The molecule has 0 amide bonds. The minimum atomic E-state index is 0.227. The Bertz CT molecular complexity index is 605. The van der Waals surface area contributed by atoms with E-state index in [1.165, 1.54) is 14.2 Å². The molecule has 5 nitrogen and oxygen atoms in total. The van der Waals surface area contributed by atoms with Gasteiger partial charge in [-0.15, -0.1) is 0 Å². The van der Waals surface area contributed by atoms with E-state index in [0.717, 1.165) is 5.56 Å². The zero-order valence-electron chi connectivity index (χ0n) is 10.0. The first kappa shape index (κ1) is 11.9. The Hall–Kier alpha value is -2.61. The number of nitriles is 1. The van der Waals surface area contributed by atoms with Gasteiger partial charge in [0.1, 0.15) is 0 Å². The van der Waals surface area contributed by atoms with E-state index < -0.39 is 0 Å². The number of methoxy groups -OCH3 is 2. The van der Waals surface area contributed by atoms with Gasteiger partial charge < -0.3 is 9.47 Å². The van der Waals surface area contributed by atoms with Gasteiger partial charge in [-0.25, -0.2) is 4.98 Å². The van der Waals surface area contributed by atoms with Gasteiger partial charge in [-0.05, 0) is 6.07 Å². The van der Waals surface area contributed by atoms with E-state index in [0.29, 0.717) is 17.0 Å². The molecule has 0 saturated heterocycles. The Kier molecular flexibility index (Phi) is 3.39. The summed E-state index contributed by atoms with van der Waals surface area (Å²) >= 11 is 0. The molecule has 0 N–H and O–H groups in total. The predicted molar refractivity (Wildman–Crippen MR) is 65.3 cm³/mol. The van der Waals surface area contributed by atoms with E-state index in [9.17, 15) is 0 Å². The number of hydrogen-bond acceptors (Lipinski definition) is 5. The Balaban J connectivity index is 2.60. The molecule has 2 rings (SSSR count). The Morgan fingerprint density at radius 1 is 1.11 bits per heavy atom. The minimum absolute atomic E-state index is 0.227. The van der Waals surface area contributed by atoms with Gasteiger partial charge in [-0.1, -0.05) is 18.2 Å². The van der Waals surface area contributed by atoms with Crippen LogP contribution in [0, 0.1) is 11.3 Å². The first-order chi connectivity index (χ1) is 8.80. The van der Waals surface area contributed by atoms with Crippen LogP contribution in [-0.2, 0) is 0 Å². The van der Waals surface area contributed by atoms with Crippen LogP contribution in [0.25, 0.3) is 11.1 Å². The molecule has 0 aliphatic rings. The standard InChI is InChI=1S/C13H11N3O2/c1-17-12-11(8-15-13(16-12)18-2)10-6-4-3-5-9(10)7-14/h3-6,8H,1-2H3. The summed E-state index contributed by atoms with van der Waals surface area (Å²) in [5, 5.41) is 9.09. The van der Waals surface area contributed by atoms with Crippen molar-refractivity contribution in [3.8, 4) is 29.1 Å². The second kappa shape index (κ2) is 5.15. The summed E-state index contributed by atoms with van der Waals surface area (Å²) in [4.78, 5) is 8.13. The fourth-order valence-electron chi connectivity index (χ4n) is 1.61. The van der Waals surface area contributed by atoms with Crippen LogP contribution in [0.2, 0.25) is 0 Å². The van der Waals surface area contributed by atoms with Crippen LogP contribution in [-0.4, -0.2) is 24.2 Å². The second-order valence-corrected chi connectivity index (χ2v) is 3.44. The molecule has 0 saturated carbocycles. The fraction of sp³-hybridized carbons (Fsp3) is 0.154. The Morgan fingerprint density at radius 3 is 2.56 bits per heavy atom. The lowest BCUT2D eigenvalue weighted by atomic mass is 10.0. The van der Waals surface area contributed by atoms with E-state index in [1.807, 2.05) is 12.1 Å². The average molecular weight is 241 g/mol. The van der Waals surface area contributed by atoms with E-state index in [1.54, 1.807) is 18.3 Å². The van der Waals surface area contributed by atoms with E-state index >= 15 is 0 Å². The second-order valence-electron chi connectivity index (χ2n) is 3.44. The van der Waals surface area contributed by atoms with Gasteiger partial charge in [-0.3, -0.25) is 0 Å². The van der Waals surface area contributed by atoms with Gasteiger partial charge in [0.25, 0.3) is 0 Å². The van der Waals surface area contributed by atoms with Crippen LogP contribution in [0.15, 0.2) is 30.5 Å². The topological polar surface area (TPSA) is 68.0 Å². The highest BCUT2D eigenvalue weighted by Crippen LogP contribution is 2.30. The van der Waals surface area contributed by atoms with Crippen molar-refractivity contribution in [3.63, 3.8) is 0 Å². The average Bonchev–Trinajstić information content (AvgIpc) is 2.46. The van der Waals surface area contributed by atoms with Gasteiger partial charge in [0.15, 0.2) is 0 Å². The van der Waals surface area contributed by atoms with Crippen molar-refractivity contribution in [1.29, 1.82) is 5.26 Å².